The van der Waals surface area contributed by atoms with E-state index in [9.17, 15) is 9.59 Å². The van der Waals surface area contributed by atoms with Gasteiger partial charge in [-0.2, -0.15) is 0 Å². The molecule has 68 valence electrons. The molecule has 3 nitrogen and oxygen atoms in total. The van der Waals surface area contributed by atoms with Gasteiger partial charge in [-0.1, -0.05) is 13.8 Å². The lowest BCUT2D eigenvalue weighted by molar-refractivity contribution is -0.142. The third kappa shape index (κ3) is 2.06. The van der Waals surface area contributed by atoms with Crippen LogP contribution >= 0.6 is 0 Å². The van der Waals surface area contributed by atoms with Gasteiger partial charge in [0.15, 0.2) is 0 Å². The van der Waals surface area contributed by atoms with Crippen molar-refractivity contribution in [2.75, 3.05) is 0 Å². The maximum Gasteiger partial charge on any atom is 0.306 e. The fourth-order valence-electron chi connectivity index (χ4n) is 1.34. The molecule has 0 radical (unpaired) electrons. The van der Waals surface area contributed by atoms with E-state index in [0.717, 1.165) is 0 Å². The number of cyclic esters (lactones) is 1. The van der Waals surface area contributed by atoms with Crippen molar-refractivity contribution in [2.24, 2.45) is 5.92 Å². The van der Waals surface area contributed by atoms with Crippen molar-refractivity contribution in [1.29, 1.82) is 0 Å². The molecule has 1 rings (SSSR count). The molecule has 3 heteroatoms. The maximum absolute atomic E-state index is 11.0. The molecule has 0 spiro atoms. The third-order valence-corrected chi connectivity index (χ3v) is 2.23. The molecule has 0 aromatic rings. The lowest BCUT2D eigenvalue weighted by Crippen LogP contribution is -2.17. The molecule has 0 aromatic carbocycles. The molecule has 1 aliphatic heterocycles. The van der Waals surface area contributed by atoms with Crippen molar-refractivity contribution in [1.82, 2.24) is 0 Å². The molecule has 1 aliphatic rings. The van der Waals surface area contributed by atoms with E-state index in [-0.39, 0.29) is 23.8 Å². The van der Waals surface area contributed by atoms with Gasteiger partial charge in [0.2, 0.25) is 0 Å². The number of ketones is 1. The lowest BCUT2D eigenvalue weighted by atomic mass is 9.99. The van der Waals surface area contributed by atoms with Crippen LogP contribution in [0.2, 0.25) is 0 Å². The molecular formula is C9H14O3. The van der Waals surface area contributed by atoms with Gasteiger partial charge in [0.25, 0.3) is 0 Å². The predicted octanol–water partition coefficient (Wildman–Crippen LogP) is 1.31. The molecular weight excluding hydrogens is 156 g/mol. The Hall–Kier alpha value is -0.860. The number of carbonyl (C=O) groups is 2. The first kappa shape index (κ1) is 9.23. The van der Waals surface area contributed by atoms with Crippen LogP contribution in [0.15, 0.2) is 0 Å². The number of rotatable bonds is 3. The second kappa shape index (κ2) is 3.70. The molecule has 0 bridgehead atoms. The number of hydrogen-bond acceptors (Lipinski definition) is 3. The monoisotopic (exact) mass is 170 g/mol. The van der Waals surface area contributed by atoms with Gasteiger partial charge >= 0.3 is 5.97 Å². The second-order valence-electron chi connectivity index (χ2n) is 3.31. The quantitative estimate of drug-likeness (QED) is 0.600. The molecule has 12 heavy (non-hydrogen) atoms. The summed E-state index contributed by atoms with van der Waals surface area (Å²) in [4.78, 5) is 21.8. The van der Waals surface area contributed by atoms with Crippen molar-refractivity contribution in [3.63, 3.8) is 0 Å². The van der Waals surface area contributed by atoms with Crippen LogP contribution in [-0.2, 0) is 14.3 Å². The zero-order chi connectivity index (χ0) is 9.14. The Morgan fingerprint density at radius 3 is 2.75 bits per heavy atom. The van der Waals surface area contributed by atoms with E-state index in [2.05, 4.69) is 0 Å². The standard InChI is InChI=1S/C9H14O3/c1-3-7(10)5-8-6(2)4-9(11)12-8/h6,8H,3-5H2,1-2H3/t6-,8-/m0/s1. The fourth-order valence-corrected chi connectivity index (χ4v) is 1.34. The molecule has 1 fully saturated rings. The summed E-state index contributed by atoms with van der Waals surface area (Å²) in [5.74, 6) is 0.200. The third-order valence-electron chi connectivity index (χ3n) is 2.23. The highest BCUT2D eigenvalue weighted by atomic mass is 16.5. The van der Waals surface area contributed by atoms with Gasteiger partial charge < -0.3 is 4.74 Å². The molecule has 0 N–H and O–H groups in total. The summed E-state index contributed by atoms with van der Waals surface area (Å²) < 4.78 is 4.99. The minimum absolute atomic E-state index is 0.162. The van der Waals surface area contributed by atoms with Crippen LogP contribution in [0.25, 0.3) is 0 Å². The number of Topliss-reactive ketones (excluding diaryl/α,β-unsaturated/α-hetero) is 1. The smallest absolute Gasteiger partial charge is 0.306 e. The van der Waals surface area contributed by atoms with Crippen LogP contribution in [0.1, 0.15) is 33.1 Å². The number of carbonyl (C=O) groups excluding carboxylic acids is 2. The maximum atomic E-state index is 11.0. The van der Waals surface area contributed by atoms with E-state index in [4.69, 9.17) is 4.74 Å². The molecule has 2 atom stereocenters. The molecule has 0 saturated carbocycles. The van der Waals surface area contributed by atoms with Crippen molar-refractivity contribution in [3.8, 4) is 0 Å². The molecule has 0 aliphatic carbocycles. The summed E-state index contributed by atoms with van der Waals surface area (Å²) in [6.45, 7) is 3.77. The Balaban J connectivity index is 2.42. The van der Waals surface area contributed by atoms with Crippen molar-refractivity contribution in [2.45, 2.75) is 39.2 Å². The molecule has 1 saturated heterocycles. The van der Waals surface area contributed by atoms with Gasteiger partial charge in [-0.05, 0) is 0 Å². The van der Waals surface area contributed by atoms with Crippen molar-refractivity contribution >= 4 is 11.8 Å². The minimum atomic E-state index is -0.170. The Kier molecular flexibility index (Phi) is 2.84. The van der Waals surface area contributed by atoms with Crippen LogP contribution in [0.5, 0.6) is 0 Å². The van der Waals surface area contributed by atoms with E-state index < -0.39 is 0 Å². The molecule has 0 aromatic heterocycles. The molecule has 0 unspecified atom stereocenters. The summed E-state index contributed by atoms with van der Waals surface area (Å²) in [5.41, 5.74) is 0. The summed E-state index contributed by atoms with van der Waals surface area (Å²) >= 11 is 0. The first-order chi connectivity index (χ1) is 5.63. The SMILES string of the molecule is CCC(=O)C[C@@H]1OC(=O)C[C@@H]1C. The van der Waals surface area contributed by atoms with Crippen molar-refractivity contribution < 1.29 is 14.3 Å². The van der Waals surface area contributed by atoms with Crippen LogP contribution in [-0.4, -0.2) is 17.9 Å². The van der Waals surface area contributed by atoms with Crippen LogP contribution in [0, 0.1) is 5.92 Å². The topological polar surface area (TPSA) is 43.4 Å². The Morgan fingerprint density at radius 2 is 2.33 bits per heavy atom. The Bertz CT molecular complexity index is 198. The average Bonchev–Trinajstić information content (AvgIpc) is 2.30. The number of hydrogen-bond donors (Lipinski definition) is 0. The first-order valence-corrected chi connectivity index (χ1v) is 4.34. The Labute approximate surface area is 72.1 Å². The normalized spacial score (nSPS) is 28.7. The number of ether oxygens (including phenoxy) is 1. The summed E-state index contributed by atoms with van der Waals surface area (Å²) in [7, 11) is 0. The summed E-state index contributed by atoms with van der Waals surface area (Å²) in [5, 5.41) is 0. The minimum Gasteiger partial charge on any atom is -0.462 e. The van der Waals surface area contributed by atoms with Gasteiger partial charge in [-0.15, -0.1) is 0 Å². The van der Waals surface area contributed by atoms with E-state index in [0.29, 0.717) is 19.3 Å². The molecule has 1 heterocycles. The van der Waals surface area contributed by atoms with Crippen LogP contribution < -0.4 is 0 Å². The first-order valence-electron chi connectivity index (χ1n) is 4.34. The largest absolute Gasteiger partial charge is 0.462 e. The average molecular weight is 170 g/mol. The summed E-state index contributed by atoms with van der Waals surface area (Å²) in [6.07, 6.45) is 1.22. The highest BCUT2D eigenvalue weighted by Gasteiger charge is 2.32. The van der Waals surface area contributed by atoms with Gasteiger partial charge in [0.05, 0.1) is 6.42 Å². The number of esters is 1. The van der Waals surface area contributed by atoms with Crippen LogP contribution in [0.4, 0.5) is 0 Å². The van der Waals surface area contributed by atoms with Gasteiger partial charge in [-0.25, -0.2) is 0 Å². The lowest BCUT2D eigenvalue weighted by Gasteiger charge is -2.11. The fraction of sp³-hybridized carbons (Fsp3) is 0.778. The Morgan fingerprint density at radius 1 is 1.67 bits per heavy atom. The van der Waals surface area contributed by atoms with E-state index in [1.54, 1.807) is 0 Å². The van der Waals surface area contributed by atoms with Gasteiger partial charge in [0, 0.05) is 18.8 Å². The zero-order valence-electron chi connectivity index (χ0n) is 7.50. The second-order valence-corrected chi connectivity index (χ2v) is 3.31. The van der Waals surface area contributed by atoms with Crippen molar-refractivity contribution in [3.05, 3.63) is 0 Å². The van der Waals surface area contributed by atoms with E-state index in [1.807, 2.05) is 13.8 Å². The highest BCUT2D eigenvalue weighted by Crippen LogP contribution is 2.24. The zero-order valence-corrected chi connectivity index (χ0v) is 7.50. The van der Waals surface area contributed by atoms with Crippen LogP contribution in [0.3, 0.4) is 0 Å². The molecule has 0 amide bonds. The summed E-state index contributed by atoms with van der Waals surface area (Å²) in [6, 6.07) is 0. The predicted molar refractivity (Wildman–Crippen MR) is 43.6 cm³/mol. The van der Waals surface area contributed by atoms with E-state index >= 15 is 0 Å². The highest BCUT2D eigenvalue weighted by molar-refractivity contribution is 5.80. The van der Waals surface area contributed by atoms with E-state index in [1.165, 1.54) is 0 Å². The van der Waals surface area contributed by atoms with Gasteiger partial charge in [0.1, 0.15) is 11.9 Å². The van der Waals surface area contributed by atoms with Gasteiger partial charge in [-0.3, -0.25) is 9.59 Å².